The van der Waals surface area contributed by atoms with Crippen LogP contribution in [-0.4, -0.2) is 0 Å². The van der Waals surface area contributed by atoms with Gasteiger partial charge in [-0.15, -0.1) is 22.7 Å². The van der Waals surface area contributed by atoms with E-state index in [2.05, 4.69) is 95.9 Å². The molecule has 0 atom stereocenters. The lowest BCUT2D eigenvalue weighted by Gasteiger charge is -2.25. The predicted molar refractivity (Wildman–Crippen MR) is 162 cm³/mol. The molecule has 0 saturated heterocycles. The molecule has 0 saturated carbocycles. The van der Waals surface area contributed by atoms with Crippen LogP contribution in [0.2, 0.25) is 5.02 Å². The van der Waals surface area contributed by atoms with Crippen molar-refractivity contribution in [2.24, 2.45) is 0 Å². The molecule has 0 aliphatic heterocycles. The van der Waals surface area contributed by atoms with E-state index in [1.54, 1.807) is 0 Å². The van der Waals surface area contributed by atoms with Crippen molar-refractivity contribution in [3.05, 3.63) is 114 Å². The molecule has 0 aliphatic carbocycles. The van der Waals surface area contributed by atoms with Gasteiger partial charge in [0, 0.05) is 64.5 Å². The van der Waals surface area contributed by atoms with Crippen molar-refractivity contribution >= 4 is 103 Å². The number of anilines is 3. The molecule has 0 amide bonds. The highest BCUT2D eigenvalue weighted by Crippen LogP contribution is 2.47. The Balaban J connectivity index is 1.33. The van der Waals surface area contributed by atoms with Crippen LogP contribution in [0.1, 0.15) is 0 Å². The van der Waals surface area contributed by atoms with Crippen LogP contribution in [0, 0.1) is 0 Å². The number of hydrogen-bond donors (Lipinski definition) is 0. The van der Waals surface area contributed by atoms with Gasteiger partial charge in [0.25, 0.3) is 0 Å². The first kappa shape index (κ1) is 21.3. The number of fused-ring (bicyclic) bond motifs is 8. The third-order valence-electron chi connectivity index (χ3n) is 6.95. The first-order valence-electron chi connectivity index (χ1n) is 12.0. The average molecular weight is 532 g/mol. The molecule has 0 bridgehead atoms. The van der Waals surface area contributed by atoms with Gasteiger partial charge in [-0.05, 0) is 60.7 Å². The van der Waals surface area contributed by atoms with Crippen molar-refractivity contribution in [3.63, 3.8) is 0 Å². The predicted octanol–water partition coefficient (Wildman–Crippen LogP) is 11.3. The number of benzene rings is 5. The zero-order valence-corrected chi connectivity index (χ0v) is 21.8. The largest absolute Gasteiger partial charge is 0.456 e. The summed E-state index contributed by atoms with van der Waals surface area (Å²) in [6.07, 6.45) is 0. The van der Waals surface area contributed by atoms with E-state index >= 15 is 0 Å². The summed E-state index contributed by atoms with van der Waals surface area (Å²) in [7, 11) is 0. The number of halogens is 1. The summed E-state index contributed by atoms with van der Waals surface area (Å²) in [5.41, 5.74) is 5.08. The van der Waals surface area contributed by atoms with Crippen molar-refractivity contribution in [3.8, 4) is 0 Å². The summed E-state index contributed by atoms with van der Waals surface area (Å²) in [5.74, 6) is 0. The zero-order chi connectivity index (χ0) is 24.5. The Morgan fingerprint density at radius 3 is 2.16 bits per heavy atom. The smallest absolute Gasteiger partial charge is 0.137 e. The van der Waals surface area contributed by atoms with Crippen LogP contribution in [0.25, 0.3) is 51.5 Å². The lowest BCUT2D eigenvalue weighted by Crippen LogP contribution is -2.09. The van der Waals surface area contributed by atoms with E-state index in [4.69, 9.17) is 16.0 Å². The first-order valence-corrected chi connectivity index (χ1v) is 14.0. The standard InChI is InChI=1S/C32H18ClNOS2/c33-19-10-15-29-26(16-19)31-25-14-12-22(18-30(25)37-32(31)36-29)34(20-6-2-1-3-7-20)21-11-13-24-23-8-4-5-9-27(23)35-28(24)17-21/h1-18H. The van der Waals surface area contributed by atoms with Gasteiger partial charge in [0.15, 0.2) is 0 Å². The average Bonchev–Trinajstić information content (AvgIpc) is 3.58. The summed E-state index contributed by atoms with van der Waals surface area (Å²) in [5, 5.41) is 6.87. The number of rotatable bonds is 3. The third kappa shape index (κ3) is 3.30. The van der Waals surface area contributed by atoms with E-state index in [-0.39, 0.29) is 0 Å². The van der Waals surface area contributed by atoms with Crippen LogP contribution >= 0.6 is 34.3 Å². The molecule has 3 heterocycles. The Kier molecular flexibility index (Phi) is 4.65. The number of nitrogens with zero attached hydrogens (tertiary/aromatic N) is 1. The van der Waals surface area contributed by atoms with Gasteiger partial charge >= 0.3 is 0 Å². The summed E-state index contributed by atoms with van der Waals surface area (Å²) in [6.45, 7) is 0. The number of para-hydroxylation sites is 2. The van der Waals surface area contributed by atoms with E-state index in [0.29, 0.717) is 0 Å². The Labute approximate surface area is 225 Å². The maximum absolute atomic E-state index is 6.36. The van der Waals surface area contributed by atoms with Gasteiger partial charge in [-0.2, -0.15) is 0 Å². The SMILES string of the molecule is Clc1ccc2sc3sc4cc(N(c5ccccc5)c5ccc6c(c5)oc5ccccc56)ccc4c3c2c1. The van der Waals surface area contributed by atoms with Crippen LogP contribution in [0.3, 0.4) is 0 Å². The molecule has 0 N–H and O–H groups in total. The van der Waals surface area contributed by atoms with Gasteiger partial charge in [-0.25, -0.2) is 0 Å². The lowest BCUT2D eigenvalue weighted by molar-refractivity contribution is 0.669. The molecule has 0 spiro atoms. The van der Waals surface area contributed by atoms with E-state index < -0.39 is 0 Å². The highest BCUT2D eigenvalue weighted by molar-refractivity contribution is 7.44. The van der Waals surface area contributed by atoms with Crippen molar-refractivity contribution in [2.45, 2.75) is 0 Å². The highest BCUT2D eigenvalue weighted by Gasteiger charge is 2.18. The van der Waals surface area contributed by atoms with Crippen LogP contribution < -0.4 is 4.90 Å². The lowest BCUT2D eigenvalue weighted by atomic mass is 10.1. The molecule has 8 rings (SSSR count). The first-order chi connectivity index (χ1) is 18.2. The van der Waals surface area contributed by atoms with E-state index in [9.17, 15) is 0 Å². The van der Waals surface area contributed by atoms with Crippen molar-refractivity contribution in [1.29, 1.82) is 0 Å². The molecule has 0 radical (unpaired) electrons. The van der Waals surface area contributed by atoms with E-state index in [1.807, 2.05) is 40.9 Å². The maximum Gasteiger partial charge on any atom is 0.137 e. The fourth-order valence-corrected chi connectivity index (χ4v) is 8.08. The molecular weight excluding hydrogens is 514 g/mol. The Hall–Kier alpha value is -3.83. The van der Waals surface area contributed by atoms with Gasteiger partial charge in [-0.1, -0.05) is 54.1 Å². The Morgan fingerprint density at radius 1 is 0.541 bits per heavy atom. The summed E-state index contributed by atoms with van der Waals surface area (Å²) in [6, 6.07) is 38.2. The van der Waals surface area contributed by atoms with E-state index in [1.165, 1.54) is 29.6 Å². The number of furan rings is 1. The van der Waals surface area contributed by atoms with Gasteiger partial charge < -0.3 is 9.32 Å². The Morgan fingerprint density at radius 2 is 1.27 bits per heavy atom. The molecule has 2 nitrogen and oxygen atoms in total. The third-order valence-corrected chi connectivity index (χ3v) is 9.60. The van der Waals surface area contributed by atoms with E-state index in [0.717, 1.165) is 44.0 Å². The molecule has 8 aromatic rings. The minimum Gasteiger partial charge on any atom is -0.456 e. The molecule has 0 unspecified atom stereocenters. The second kappa shape index (κ2) is 8.09. The molecule has 0 aliphatic rings. The normalized spacial score (nSPS) is 11.9. The monoisotopic (exact) mass is 531 g/mol. The number of hydrogen-bond acceptors (Lipinski definition) is 4. The highest BCUT2D eigenvalue weighted by atomic mass is 35.5. The molecule has 5 aromatic carbocycles. The molecule has 3 aromatic heterocycles. The molecule has 176 valence electrons. The van der Waals surface area contributed by atoms with Crippen molar-refractivity contribution < 1.29 is 4.42 Å². The molecule has 5 heteroatoms. The molecular formula is C32H18ClNOS2. The van der Waals surface area contributed by atoms with Gasteiger partial charge in [0.1, 0.15) is 11.2 Å². The summed E-state index contributed by atoms with van der Waals surface area (Å²) < 4.78 is 10.1. The minimum absolute atomic E-state index is 0.777. The number of thiophene rings is 2. The second-order valence-electron chi connectivity index (χ2n) is 9.14. The van der Waals surface area contributed by atoms with Gasteiger partial charge in [-0.3, -0.25) is 0 Å². The fourth-order valence-electron chi connectivity index (χ4n) is 5.29. The zero-order valence-electron chi connectivity index (χ0n) is 19.4. The molecule has 0 fully saturated rings. The van der Waals surface area contributed by atoms with Crippen LogP contribution in [0.5, 0.6) is 0 Å². The maximum atomic E-state index is 6.36. The molecule has 37 heavy (non-hydrogen) atoms. The minimum atomic E-state index is 0.777. The topological polar surface area (TPSA) is 16.4 Å². The second-order valence-corrected chi connectivity index (χ2v) is 11.9. The van der Waals surface area contributed by atoms with Crippen molar-refractivity contribution in [1.82, 2.24) is 0 Å². The van der Waals surface area contributed by atoms with Crippen LogP contribution in [0.15, 0.2) is 114 Å². The Bertz CT molecular complexity index is 2120. The fraction of sp³-hybridized carbons (Fsp3) is 0. The quantitative estimate of drug-likeness (QED) is 0.225. The summed E-state index contributed by atoms with van der Waals surface area (Å²) >= 11 is 10.0. The van der Waals surface area contributed by atoms with Crippen LogP contribution in [-0.2, 0) is 0 Å². The summed E-state index contributed by atoms with van der Waals surface area (Å²) in [4.78, 5) is 2.30. The van der Waals surface area contributed by atoms with Gasteiger partial charge in [0.05, 0.1) is 4.01 Å². The van der Waals surface area contributed by atoms with Gasteiger partial charge in [0.2, 0.25) is 0 Å². The van der Waals surface area contributed by atoms with Crippen molar-refractivity contribution in [2.75, 3.05) is 4.90 Å². The van der Waals surface area contributed by atoms with Crippen LogP contribution in [0.4, 0.5) is 17.1 Å².